The molecule has 18 heavy (non-hydrogen) atoms. The van der Waals surface area contributed by atoms with Crippen LogP contribution in [0.5, 0.6) is 0 Å². The van der Waals surface area contributed by atoms with Gasteiger partial charge in [0.05, 0.1) is 4.92 Å². The first kappa shape index (κ1) is 15.1. The van der Waals surface area contributed by atoms with Gasteiger partial charge in [0.2, 0.25) is 0 Å². The summed E-state index contributed by atoms with van der Waals surface area (Å²) in [4.78, 5) is 10.7. The molecule has 1 unspecified atom stereocenters. The molecule has 0 aliphatic heterocycles. The number of likely N-dealkylation sites (N-methyl/N-ethyl adjacent to an activating group) is 1. The van der Waals surface area contributed by atoms with E-state index in [2.05, 4.69) is 35.1 Å². The van der Waals surface area contributed by atoms with Crippen molar-refractivity contribution in [1.82, 2.24) is 5.32 Å². The molecule has 1 rings (SSSR count). The highest BCUT2D eigenvalue weighted by Crippen LogP contribution is 2.25. The van der Waals surface area contributed by atoms with Crippen molar-refractivity contribution in [1.29, 1.82) is 0 Å². The van der Waals surface area contributed by atoms with E-state index in [1.54, 1.807) is 12.1 Å². The summed E-state index contributed by atoms with van der Waals surface area (Å²) in [6, 6.07) is 5.36. The third kappa shape index (κ3) is 4.07. The number of nitro groups is 1. The molecule has 0 spiro atoms. The number of hydrogen-bond donors (Lipinski definition) is 1. The lowest BCUT2D eigenvalue weighted by molar-refractivity contribution is -0.385. The summed E-state index contributed by atoms with van der Waals surface area (Å²) in [5, 5.41) is 14.4. The third-order valence-corrected chi connectivity index (χ3v) is 3.44. The fraction of sp³-hybridized carbons (Fsp3) is 0.538. The lowest BCUT2D eigenvalue weighted by atomic mass is 9.95. The minimum Gasteiger partial charge on any atom is -0.314 e. The average Bonchev–Trinajstić information content (AvgIpc) is 2.28. The maximum Gasteiger partial charge on any atom is 0.272 e. The fourth-order valence-electron chi connectivity index (χ4n) is 1.94. The Bertz CT molecular complexity index is 421. The van der Waals surface area contributed by atoms with Gasteiger partial charge < -0.3 is 5.32 Å². The van der Waals surface area contributed by atoms with Gasteiger partial charge in [0.15, 0.2) is 0 Å². The molecule has 1 aromatic rings. The minimum atomic E-state index is -0.314. The summed E-state index contributed by atoms with van der Waals surface area (Å²) in [5.41, 5.74) is 0.968. The molecular weight excluding hydrogens is 296 g/mol. The first-order valence-electron chi connectivity index (χ1n) is 6.11. The van der Waals surface area contributed by atoms with Gasteiger partial charge in [-0.15, -0.1) is 0 Å². The van der Waals surface area contributed by atoms with Crippen molar-refractivity contribution < 1.29 is 4.92 Å². The number of benzene rings is 1. The molecule has 0 saturated heterocycles. The van der Waals surface area contributed by atoms with E-state index in [4.69, 9.17) is 0 Å². The van der Waals surface area contributed by atoms with Gasteiger partial charge in [-0.1, -0.05) is 36.7 Å². The van der Waals surface area contributed by atoms with Gasteiger partial charge in [0.25, 0.3) is 5.69 Å². The monoisotopic (exact) mass is 314 g/mol. The van der Waals surface area contributed by atoms with Crippen molar-refractivity contribution in [3.8, 4) is 0 Å². The zero-order valence-electron chi connectivity index (χ0n) is 10.9. The van der Waals surface area contributed by atoms with Crippen molar-refractivity contribution in [2.45, 2.75) is 33.2 Å². The van der Waals surface area contributed by atoms with Crippen LogP contribution < -0.4 is 5.32 Å². The van der Waals surface area contributed by atoms with Crippen LogP contribution in [0.3, 0.4) is 0 Å². The number of nitro benzene ring substituents is 1. The second-order valence-corrected chi connectivity index (χ2v) is 5.56. The van der Waals surface area contributed by atoms with Crippen molar-refractivity contribution in [3.63, 3.8) is 0 Å². The second-order valence-electron chi connectivity index (χ2n) is 4.64. The van der Waals surface area contributed by atoms with Crippen LogP contribution in [-0.4, -0.2) is 17.5 Å². The summed E-state index contributed by atoms with van der Waals surface area (Å²) < 4.78 is 0.877. The van der Waals surface area contributed by atoms with Gasteiger partial charge >= 0.3 is 0 Å². The largest absolute Gasteiger partial charge is 0.314 e. The summed E-state index contributed by atoms with van der Waals surface area (Å²) in [6.07, 6.45) is 0.668. The Hall–Kier alpha value is -0.940. The van der Waals surface area contributed by atoms with Gasteiger partial charge in [-0.05, 0) is 31.0 Å². The molecular formula is C13H19BrN2O2. The molecule has 0 aliphatic carbocycles. The summed E-state index contributed by atoms with van der Waals surface area (Å²) in [5.74, 6) is 0.434. The molecule has 0 amide bonds. The number of nitrogens with one attached hydrogen (secondary N) is 1. The molecule has 4 nitrogen and oxygen atoms in total. The number of hydrogen-bond acceptors (Lipinski definition) is 3. The number of nitrogens with zero attached hydrogens (tertiary/aromatic N) is 1. The lowest BCUT2D eigenvalue weighted by Gasteiger charge is -2.21. The summed E-state index contributed by atoms with van der Waals surface area (Å²) in [6.45, 7) is 7.16. The van der Waals surface area contributed by atoms with Gasteiger partial charge in [-0.3, -0.25) is 10.1 Å². The van der Waals surface area contributed by atoms with Crippen molar-refractivity contribution in [3.05, 3.63) is 38.3 Å². The standard InChI is InChI=1S/C13H19BrN2O2/c1-4-15-12(9(2)3)8-10-7-11(14)5-6-13(10)16(17)18/h5-7,9,12,15H,4,8H2,1-3H3. The van der Waals surface area contributed by atoms with Crippen LogP contribution >= 0.6 is 15.9 Å². The first-order valence-corrected chi connectivity index (χ1v) is 6.91. The minimum absolute atomic E-state index is 0.196. The van der Waals surface area contributed by atoms with Gasteiger partial charge in [0.1, 0.15) is 0 Å². The molecule has 5 heteroatoms. The van der Waals surface area contributed by atoms with Gasteiger partial charge in [-0.25, -0.2) is 0 Å². The van der Waals surface area contributed by atoms with Crippen LogP contribution in [0.25, 0.3) is 0 Å². The van der Waals surface area contributed by atoms with E-state index in [0.717, 1.165) is 16.6 Å². The van der Waals surface area contributed by atoms with E-state index in [1.807, 2.05) is 13.0 Å². The molecule has 1 aromatic carbocycles. The van der Waals surface area contributed by atoms with E-state index >= 15 is 0 Å². The van der Waals surface area contributed by atoms with Crippen LogP contribution in [0.15, 0.2) is 22.7 Å². The molecule has 100 valence electrons. The highest BCUT2D eigenvalue weighted by Gasteiger charge is 2.19. The van der Waals surface area contributed by atoms with Crippen LogP contribution in [0.2, 0.25) is 0 Å². The Morgan fingerprint density at radius 2 is 2.11 bits per heavy atom. The van der Waals surface area contributed by atoms with Gasteiger partial charge in [0, 0.05) is 22.1 Å². The molecule has 0 fully saturated rings. The van der Waals surface area contributed by atoms with Crippen molar-refractivity contribution in [2.75, 3.05) is 6.54 Å². The summed E-state index contributed by atoms with van der Waals surface area (Å²) in [7, 11) is 0. The highest BCUT2D eigenvalue weighted by atomic mass is 79.9. The Labute approximate surface area is 116 Å². The van der Waals surface area contributed by atoms with Crippen LogP contribution in [0.4, 0.5) is 5.69 Å². The predicted molar refractivity (Wildman–Crippen MR) is 76.8 cm³/mol. The van der Waals surface area contributed by atoms with Crippen LogP contribution in [-0.2, 0) is 6.42 Å². The Morgan fingerprint density at radius 1 is 1.44 bits per heavy atom. The van der Waals surface area contributed by atoms with Gasteiger partial charge in [-0.2, -0.15) is 0 Å². The van der Waals surface area contributed by atoms with E-state index in [1.165, 1.54) is 0 Å². The van der Waals surface area contributed by atoms with Crippen molar-refractivity contribution in [2.24, 2.45) is 5.92 Å². The molecule has 0 aromatic heterocycles. The highest BCUT2D eigenvalue weighted by molar-refractivity contribution is 9.10. The second kappa shape index (κ2) is 6.85. The third-order valence-electron chi connectivity index (χ3n) is 2.95. The summed E-state index contributed by atoms with van der Waals surface area (Å²) >= 11 is 3.37. The topological polar surface area (TPSA) is 55.2 Å². The van der Waals surface area contributed by atoms with E-state index in [9.17, 15) is 10.1 Å². The molecule has 0 heterocycles. The smallest absolute Gasteiger partial charge is 0.272 e. The maximum absolute atomic E-state index is 11.0. The van der Waals surface area contributed by atoms with Crippen LogP contribution in [0.1, 0.15) is 26.3 Å². The van der Waals surface area contributed by atoms with E-state index in [-0.39, 0.29) is 16.7 Å². The Balaban J connectivity index is 3.00. The fourth-order valence-corrected chi connectivity index (χ4v) is 2.35. The van der Waals surface area contributed by atoms with Crippen molar-refractivity contribution >= 4 is 21.6 Å². The zero-order valence-corrected chi connectivity index (χ0v) is 12.5. The lowest BCUT2D eigenvalue weighted by Crippen LogP contribution is -2.35. The molecule has 0 saturated carbocycles. The molecule has 1 N–H and O–H groups in total. The quantitative estimate of drug-likeness (QED) is 0.645. The zero-order chi connectivity index (χ0) is 13.7. The Kier molecular flexibility index (Phi) is 5.75. The first-order chi connectivity index (χ1) is 8.45. The normalized spacial score (nSPS) is 12.7. The predicted octanol–water partition coefficient (Wildman–Crippen LogP) is 3.53. The molecule has 1 atom stereocenters. The maximum atomic E-state index is 11.0. The number of halogens is 1. The average molecular weight is 315 g/mol. The molecule has 0 radical (unpaired) electrons. The Morgan fingerprint density at radius 3 is 2.61 bits per heavy atom. The number of rotatable bonds is 6. The molecule has 0 bridgehead atoms. The molecule has 0 aliphatic rings. The van der Waals surface area contributed by atoms with E-state index in [0.29, 0.717) is 12.3 Å². The SMILES string of the molecule is CCNC(Cc1cc(Br)ccc1[N+](=O)[O-])C(C)C. The van der Waals surface area contributed by atoms with Crippen LogP contribution in [0, 0.1) is 16.0 Å². The van der Waals surface area contributed by atoms with E-state index < -0.39 is 0 Å².